The van der Waals surface area contributed by atoms with Gasteiger partial charge in [-0.25, -0.2) is 4.79 Å². The zero-order valence-electron chi connectivity index (χ0n) is 10.6. The van der Waals surface area contributed by atoms with Gasteiger partial charge in [-0.05, 0) is 18.1 Å². The van der Waals surface area contributed by atoms with Gasteiger partial charge in [0.1, 0.15) is 0 Å². The molecule has 2 heteroatoms. The van der Waals surface area contributed by atoms with Crippen molar-refractivity contribution in [1.82, 2.24) is 0 Å². The lowest BCUT2D eigenvalue weighted by molar-refractivity contribution is -0.132. The SMILES string of the molecule is C=C\C=C/C=C(C=C)/C(C=C)=C/C=C(\C)C(=O)O. The quantitative estimate of drug-likeness (QED) is 0.541. The second-order valence-corrected chi connectivity index (χ2v) is 3.43. The van der Waals surface area contributed by atoms with Crippen LogP contribution in [0.5, 0.6) is 0 Å². The van der Waals surface area contributed by atoms with Crippen LogP contribution in [0, 0.1) is 0 Å². The van der Waals surface area contributed by atoms with Crippen LogP contribution < -0.4 is 0 Å². The van der Waals surface area contributed by atoms with E-state index in [9.17, 15) is 4.79 Å². The molecule has 0 aliphatic heterocycles. The Hall–Kier alpha value is -2.35. The average molecular weight is 242 g/mol. The fourth-order valence-electron chi connectivity index (χ4n) is 1.09. The molecule has 0 unspecified atom stereocenters. The van der Waals surface area contributed by atoms with E-state index in [1.807, 2.05) is 12.2 Å². The van der Waals surface area contributed by atoms with Gasteiger partial charge in [-0.15, -0.1) is 0 Å². The van der Waals surface area contributed by atoms with E-state index in [2.05, 4.69) is 19.7 Å². The maximum Gasteiger partial charge on any atom is 0.331 e. The average Bonchev–Trinajstić information content (AvgIpc) is 2.36. The Labute approximate surface area is 108 Å². The summed E-state index contributed by atoms with van der Waals surface area (Å²) in [6.45, 7) is 12.5. The van der Waals surface area contributed by atoms with Gasteiger partial charge >= 0.3 is 5.97 Å². The summed E-state index contributed by atoms with van der Waals surface area (Å²) < 4.78 is 0. The third kappa shape index (κ3) is 5.66. The number of hydrogen-bond donors (Lipinski definition) is 1. The van der Waals surface area contributed by atoms with Crippen molar-refractivity contribution in [3.05, 3.63) is 85.1 Å². The van der Waals surface area contributed by atoms with Gasteiger partial charge in [-0.1, -0.05) is 68.3 Å². The predicted molar refractivity (Wildman–Crippen MR) is 77.3 cm³/mol. The van der Waals surface area contributed by atoms with E-state index in [0.717, 1.165) is 11.1 Å². The molecule has 18 heavy (non-hydrogen) atoms. The van der Waals surface area contributed by atoms with Crippen LogP contribution in [0.2, 0.25) is 0 Å². The molecule has 94 valence electrons. The van der Waals surface area contributed by atoms with Gasteiger partial charge in [-0.3, -0.25) is 0 Å². The summed E-state index contributed by atoms with van der Waals surface area (Å²) in [7, 11) is 0. The molecule has 1 N–H and O–H groups in total. The minimum atomic E-state index is -0.939. The Morgan fingerprint density at radius 2 is 1.50 bits per heavy atom. The van der Waals surface area contributed by atoms with Crippen LogP contribution in [0.3, 0.4) is 0 Å². The fourth-order valence-corrected chi connectivity index (χ4v) is 1.09. The standard InChI is InChI=1S/C16H18O2/c1-5-8-9-10-14(6-2)15(7-3)12-11-13(4)16(17)18/h5-12H,1-3H2,4H3,(H,17,18)/b9-8-,13-11+,14-10+,15-12+. The zero-order chi connectivity index (χ0) is 14.0. The summed E-state index contributed by atoms with van der Waals surface area (Å²) in [4.78, 5) is 10.7. The molecule has 0 atom stereocenters. The highest BCUT2D eigenvalue weighted by molar-refractivity contribution is 5.86. The molecule has 0 aliphatic carbocycles. The van der Waals surface area contributed by atoms with Crippen molar-refractivity contribution in [3.63, 3.8) is 0 Å². The van der Waals surface area contributed by atoms with Crippen LogP contribution in [-0.2, 0) is 4.79 Å². The Morgan fingerprint density at radius 1 is 0.944 bits per heavy atom. The molecular weight excluding hydrogens is 224 g/mol. The molecule has 0 fully saturated rings. The molecule has 0 aromatic heterocycles. The molecule has 0 amide bonds. The summed E-state index contributed by atoms with van der Waals surface area (Å²) >= 11 is 0. The molecular formula is C16H18O2. The molecule has 0 aromatic carbocycles. The molecule has 0 rings (SSSR count). The summed E-state index contributed by atoms with van der Waals surface area (Å²) in [6, 6.07) is 0. The van der Waals surface area contributed by atoms with Crippen molar-refractivity contribution >= 4 is 5.97 Å². The van der Waals surface area contributed by atoms with Crippen molar-refractivity contribution in [3.8, 4) is 0 Å². The summed E-state index contributed by atoms with van der Waals surface area (Å²) in [5.74, 6) is -0.939. The highest BCUT2D eigenvalue weighted by atomic mass is 16.4. The van der Waals surface area contributed by atoms with Gasteiger partial charge in [0.25, 0.3) is 0 Å². The molecule has 0 heterocycles. The topological polar surface area (TPSA) is 37.3 Å². The second-order valence-electron chi connectivity index (χ2n) is 3.43. The van der Waals surface area contributed by atoms with Crippen LogP contribution in [0.1, 0.15) is 6.92 Å². The van der Waals surface area contributed by atoms with E-state index in [4.69, 9.17) is 5.11 Å². The number of rotatable bonds is 7. The maximum absolute atomic E-state index is 10.7. The minimum Gasteiger partial charge on any atom is -0.478 e. The maximum atomic E-state index is 10.7. The number of carbonyl (C=O) groups is 1. The third-order valence-electron chi connectivity index (χ3n) is 2.15. The molecule has 0 spiro atoms. The Balaban J connectivity index is 5.28. The van der Waals surface area contributed by atoms with E-state index in [1.165, 1.54) is 13.0 Å². The van der Waals surface area contributed by atoms with Crippen LogP contribution in [-0.4, -0.2) is 11.1 Å². The fraction of sp³-hybridized carbons (Fsp3) is 0.0625. The highest BCUT2D eigenvalue weighted by Gasteiger charge is 1.99. The van der Waals surface area contributed by atoms with Gasteiger partial charge in [0.05, 0.1) is 0 Å². The van der Waals surface area contributed by atoms with E-state index in [-0.39, 0.29) is 5.57 Å². The first-order valence-electron chi connectivity index (χ1n) is 5.43. The van der Waals surface area contributed by atoms with Crippen molar-refractivity contribution in [1.29, 1.82) is 0 Å². The zero-order valence-corrected chi connectivity index (χ0v) is 10.6. The van der Waals surface area contributed by atoms with Gasteiger partial charge in [0.2, 0.25) is 0 Å². The first-order valence-corrected chi connectivity index (χ1v) is 5.43. The summed E-state index contributed by atoms with van der Waals surface area (Å²) in [6.07, 6.45) is 13.7. The Bertz CT molecular complexity index is 457. The number of carboxylic acids is 1. The lowest BCUT2D eigenvalue weighted by Gasteiger charge is -2.01. The molecule has 0 radical (unpaired) electrons. The molecule has 2 nitrogen and oxygen atoms in total. The van der Waals surface area contributed by atoms with E-state index < -0.39 is 5.97 Å². The first kappa shape index (κ1) is 15.7. The summed E-state index contributed by atoms with van der Waals surface area (Å²) in [5, 5.41) is 8.76. The Morgan fingerprint density at radius 3 is 1.94 bits per heavy atom. The van der Waals surface area contributed by atoms with E-state index in [1.54, 1.807) is 30.4 Å². The van der Waals surface area contributed by atoms with Crippen molar-refractivity contribution in [2.45, 2.75) is 6.92 Å². The normalized spacial score (nSPS) is 13.5. The molecule has 0 saturated heterocycles. The van der Waals surface area contributed by atoms with Gasteiger partial charge in [0, 0.05) is 5.57 Å². The molecule has 0 aromatic rings. The first-order chi connectivity index (χ1) is 8.56. The van der Waals surface area contributed by atoms with E-state index >= 15 is 0 Å². The van der Waals surface area contributed by atoms with Crippen LogP contribution in [0.25, 0.3) is 0 Å². The predicted octanol–water partition coefficient (Wildman–Crippen LogP) is 3.98. The lowest BCUT2D eigenvalue weighted by Crippen LogP contribution is -1.95. The molecule has 0 saturated carbocycles. The van der Waals surface area contributed by atoms with Crippen LogP contribution >= 0.6 is 0 Å². The number of hydrogen-bond acceptors (Lipinski definition) is 1. The smallest absolute Gasteiger partial charge is 0.331 e. The summed E-state index contributed by atoms with van der Waals surface area (Å²) in [5.41, 5.74) is 1.93. The van der Waals surface area contributed by atoms with Gasteiger partial charge < -0.3 is 5.11 Å². The molecule has 0 bridgehead atoms. The van der Waals surface area contributed by atoms with Crippen molar-refractivity contribution < 1.29 is 9.90 Å². The largest absolute Gasteiger partial charge is 0.478 e. The van der Waals surface area contributed by atoms with Crippen LogP contribution in [0.15, 0.2) is 85.1 Å². The Kier molecular flexibility index (Phi) is 7.62. The second kappa shape index (κ2) is 8.76. The van der Waals surface area contributed by atoms with Crippen LogP contribution in [0.4, 0.5) is 0 Å². The third-order valence-corrected chi connectivity index (χ3v) is 2.15. The number of aliphatic carboxylic acids is 1. The van der Waals surface area contributed by atoms with Gasteiger partial charge in [0.15, 0.2) is 0 Å². The number of carboxylic acid groups (broad SMARTS) is 1. The highest BCUT2D eigenvalue weighted by Crippen LogP contribution is 2.13. The van der Waals surface area contributed by atoms with Crippen molar-refractivity contribution in [2.24, 2.45) is 0 Å². The van der Waals surface area contributed by atoms with Crippen molar-refractivity contribution in [2.75, 3.05) is 0 Å². The lowest BCUT2D eigenvalue weighted by atomic mass is 10.0. The molecule has 0 aliphatic rings. The van der Waals surface area contributed by atoms with E-state index in [0.29, 0.717) is 0 Å². The number of allylic oxidation sites excluding steroid dienone is 10. The monoisotopic (exact) mass is 242 g/mol. The van der Waals surface area contributed by atoms with Gasteiger partial charge in [-0.2, -0.15) is 0 Å². The minimum absolute atomic E-state index is 0.263.